The molecule has 0 fully saturated rings. The lowest BCUT2D eigenvalue weighted by Gasteiger charge is -2.04. The fourth-order valence-electron chi connectivity index (χ4n) is 1.45. The fraction of sp³-hybridized carbons (Fsp3) is 0.0833. The monoisotopic (exact) mass is 250 g/mol. The van der Waals surface area contributed by atoms with Gasteiger partial charge in [0.25, 0.3) is 0 Å². The number of benzene rings is 1. The Balaban J connectivity index is 2.21. The number of aromatic nitrogens is 1. The van der Waals surface area contributed by atoms with Crippen molar-refractivity contribution in [1.82, 2.24) is 4.57 Å². The van der Waals surface area contributed by atoms with Gasteiger partial charge in [0.1, 0.15) is 6.07 Å². The number of hydrogen-bond acceptors (Lipinski definition) is 1. The zero-order chi connectivity index (χ0) is 11.5. The molecule has 0 radical (unpaired) electrons. The number of nitriles is 1. The van der Waals surface area contributed by atoms with Crippen LogP contribution >= 0.6 is 23.2 Å². The number of nitrogens with zero attached hydrogens (tertiary/aromatic N) is 2. The first-order valence-electron chi connectivity index (χ1n) is 4.69. The Labute approximate surface area is 104 Å². The molecule has 0 saturated carbocycles. The lowest BCUT2D eigenvalue weighted by molar-refractivity contribution is 0.805. The van der Waals surface area contributed by atoms with Crippen molar-refractivity contribution in [1.29, 1.82) is 5.26 Å². The first kappa shape index (κ1) is 11.1. The molecular formula is C12H8Cl2N2. The predicted octanol–water partition coefficient (Wildman–Crippen LogP) is 3.71. The molecule has 1 aromatic carbocycles. The number of halogens is 2. The smallest absolute Gasteiger partial charge is 0.101 e. The van der Waals surface area contributed by atoms with Crippen LogP contribution in [0.2, 0.25) is 10.0 Å². The van der Waals surface area contributed by atoms with Gasteiger partial charge in [0.2, 0.25) is 0 Å². The molecule has 0 aliphatic rings. The fourth-order valence-corrected chi connectivity index (χ4v) is 1.77. The van der Waals surface area contributed by atoms with Crippen molar-refractivity contribution < 1.29 is 0 Å². The summed E-state index contributed by atoms with van der Waals surface area (Å²) >= 11 is 11.7. The normalized spacial score (nSPS) is 10.1. The zero-order valence-corrected chi connectivity index (χ0v) is 9.83. The molecule has 0 atom stereocenters. The molecule has 2 aromatic rings. The predicted molar refractivity (Wildman–Crippen MR) is 64.7 cm³/mol. The Morgan fingerprint density at radius 1 is 1.19 bits per heavy atom. The molecule has 1 heterocycles. The highest BCUT2D eigenvalue weighted by atomic mass is 35.5. The van der Waals surface area contributed by atoms with Crippen molar-refractivity contribution in [2.45, 2.75) is 6.54 Å². The third kappa shape index (κ3) is 2.38. The minimum Gasteiger partial charge on any atom is -0.349 e. The van der Waals surface area contributed by atoms with Gasteiger partial charge in [0.15, 0.2) is 0 Å². The third-order valence-corrected chi connectivity index (χ3v) is 2.97. The molecule has 0 aliphatic heterocycles. The summed E-state index contributed by atoms with van der Waals surface area (Å²) in [5, 5.41) is 9.80. The lowest BCUT2D eigenvalue weighted by atomic mass is 10.2. The van der Waals surface area contributed by atoms with E-state index in [0.717, 1.165) is 5.56 Å². The van der Waals surface area contributed by atoms with Gasteiger partial charge in [-0.3, -0.25) is 0 Å². The van der Waals surface area contributed by atoms with Gasteiger partial charge in [-0.05, 0) is 23.8 Å². The van der Waals surface area contributed by atoms with Crippen molar-refractivity contribution in [3.8, 4) is 6.07 Å². The van der Waals surface area contributed by atoms with Crippen LogP contribution in [0.15, 0.2) is 36.7 Å². The van der Waals surface area contributed by atoms with Gasteiger partial charge in [0.05, 0.1) is 15.6 Å². The van der Waals surface area contributed by atoms with E-state index in [1.807, 2.05) is 22.9 Å². The molecule has 2 rings (SSSR count). The van der Waals surface area contributed by atoms with Crippen molar-refractivity contribution in [3.05, 3.63) is 57.8 Å². The SMILES string of the molecule is N#Cc1ccn(Cc2ccc(Cl)c(Cl)c2)c1. The minimum absolute atomic E-state index is 0.548. The minimum atomic E-state index is 0.548. The topological polar surface area (TPSA) is 28.7 Å². The molecule has 0 spiro atoms. The summed E-state index contributed by atoms with van der Waals surface area (Å²) < 4.78 is 1.93. The van der Waals surface area contributed by atoms with Crippen LogP contribution in [0.3, 0.4) is 0 Å². The van der Waals surface area contributed by atoms with Crippen LogP contribution in [0.5, 0.6) is 0 Å². The first-order valence-corrected chi connectivity index (χ1v) is 5.44. The average Bonchev–Trinajstić information content (AvgIpc) is 2.71. The van der Waals surface area contributed by atoms with Crippen molar-refractivity contribution >= 4 is 23.2 Å². The molecule has 4 heteroatoms. The molecule has 1 aromatic heterocycles. The maximum absolute atomic E-state index is 8.70. The van der Waals surface area contributed by atoms with Crippen LogP contribution in [0.25, 0.3) is 0 Å². The molecular weight excluding hydrogens is 243 g/mol. The Bertz CT molecular complexity index is 552. The summed E-state index contributed by atoms with van der Waals surface area (Å²) in [6.07, 6.45) is 3.66. The van der Waals surface area contributed by atoms with E-state index < -0.39 is 0 Å². The summed E-state index contributed by atoms with van der Waals surface area (Å²) in [5.41, 5.74) is 1.70. The largest absolute Gasteiger partial charge is 0.349 e. The van der Waals surface area contributed by atoms with Crippen LogP contribution in [-0.2, 0) is 6.54 Å². The second-order valence-electron chi connectivity index (χ2n) is 3.43. The van der Waals surface area contributed by atoms with Crippen molar-refractivity contribution in [2.24, 2.45) is 0 Å². The summed E-state index contributed by atoms with van der Waals surface area (Å²) in [6, 6.07) is 9.38. The molecule has 0 aliphatic carbocycles. The summed E-state index contributed by atoms with van der Waals surface area (Å²) in [7, 11) is 0. The Kier molecular flexibility index (Phi) is 3.19. The Morgan fingerprint density at radius 3 is 2.62 bits per heavy atom. The quantitative estimate of drug-likeness (QED) is 0.799. The molecule has 0 N–H and O–H groups in total. The van der Waals surface area contributed by atoms with Gasteiger partial charge in [-0.25, -0.2) is 0 Å². The van der Waals surface area contributed by atoms with E-state index in [9.17, 15) is 0 Å². The van der Waals surface area contributed by atoms with Gasteiger partial charge < -0.3 is 4.57 Å². The summed E-state index contributed by atoms with van der Waals surface area (Å²) in [6.45, 7) is 0.679. The number of rotatable bonds is 2. The molecule has 0 bridgehead atoms. The van der Waals surface area contributed by atoms with E-state index in [1.54, 1.807) is 18.3 Å². The van der Waals surface area contributed by atoms with E-state index in [-0.39, 0.29) is 0 Å². The van der Waals surface area contributed by atoms with E-state index >= 15 is 0 Å². The highest BCUT2D eigenvalue weighted by molar-refractivity contribution is 6.42. The summed E-state index contributed by atoms with van der Waals surface area (Å²) in [4.78, 5) is 0. The second-order valence-corrected chi connectivity index (χ2v) is 4.25. The Morgan fingerprint density at radius 2 is 2.00 bits per heavy atom. The van der Waals surface area contributed by atoms with Crippen LogP contribution in [-0.4, -0.2) is 4.57 Å². The molecule has 80 valence electrons. The van der Waals surface area contributed by atoms with Gasteiger partial charge in [-0.1, -0.05) is 29.3 Å². The molecule has 0 amide bonds. The highest BCUT2D eigenvalue weighted by Gasteiger charge is 2.01. The molecule has 0 saturated heterocycles. The van der Waals surface area contributed by atoms with E-state index in [4.69, 9.17) is 28.5 Å². The van der Waals surface area contributed by atoms with E-state index in [0.29, 0.717) is 22.2 Å². The van der Waals surface area contributed by atoms with Crippen molar-refractivity contribution in [2.75, 3.05) is 0 Å². The second kappa shape index (κ2) is 4.61. The van der Waals surface area contributed by atoms with Crippen LogP contribution < -0.4 is 0 Å². The first-order chi connectivity index (χ1) is 7.69. The van der Waals surface area contributed by atoms with Gasteiger partial charge in [0, 0.05) is 18.9 Å². The average molecular weight is 251 g/mol. The Hall–Kier alpha value is -1.43. The van der Waals surface area contributed by atoms with Crippen LogP contribution in [0, 0.1) is 11.3 Å². The van der Waals surface area contributed by atoms with E-state index in [1.165, 1.54) is 0 Å². The molecule has 2 nitrogen and oxygen atoms in total. The van der Waals surface area contributed by atoms with Gasteiger partial charge in [-0.15, -0.1) is 0 Å². The highest BCUT2D eigenvalue weighted by Crippen LogP contribution is 2.23. The van der Waals surface area contributed by atoms with Crippen molar-refractivity contribution in [3.63, 3.8) is 0 Å². The van der Waals surface area contributed by atoms with Crippen LogP contribution in [0.4, 0.5) is 0 Å². The van der Waals surface area contributed by atoms with Gasteiger partial charge >= 0.3 is 0 Å². The lowest BCUT2D eigenvalue weighted by Crippen LogP contribution is -1.95. The zero-order valence-electron chi connectivity index (χ0n) is 8.32. The third-order valence-electron chi connectivity index (χ3n) is 2.23. The summed E-state index contributed by atoms with van der Waals surface area (Å²) in [5.74, 6) is 0. The maximum Gasteiger partial charge on any atom is 0.101 e. The molecule has 16 heavy (non-hydrogen) atoms. The van der Waals surface area contributed by atoms with E-state index in [2.05, 4.69) is 6.07 Å². The van der Waals surface area contributed by atoms with Crippen LogP contribution in [0.1, 0.15) is 11.1 Å². The number of hydrogen-bond donors (Lipinski definition) is 0. The standard InChI is InChI=1S/C12H8Cl2N2/c13-11-2-1-9(5-12(11)14)7-16-4-3-10(6-15)8-16/h1-5,8H,7H2. The molecule has 0 unspecified atom stereocenters. The maximum atomic E-state index is 8.70. The van der Waals surface area contributed by atoms with Gasteiger partial charge in [-0.2, -0.15) is 5.26 Å².